The number of aliphatic hydroxyl groups is 1. The number of piperazine rings is 1. The number of nitrogens with one attached hydrogen (secondary N) is 1. The molecule has 0 aliphatic carbocycles. The van der Waals surface area contributed by atoms with E-state index in [9.17, 15) is 5.11 Å². The van der Waals surface area contributed by atoms with Crippen LogP contribution in [0.25, 0.3) is 21.9 Å². The summed E-state index contributed by atoms with van der Waals surface area (Å²) in [4.78, 5) is 2.27. The molecule has 0 spiro atoms. The molecule has 0 saturated carbocycles. The Kier molecular flexibility index (Phi) is 6.30. The molecule has 1 saturated heterocycles. The minimum Gasteiger partial charge on any atom is -0.496 e. The summed E-state index contributed by atoms with van der Waals surface area (Å²) in [6.45, 7) is 4.80. The molecule has 0 amide bonds. The largest absolute Gasteiger partial charge is 0.496 e. The van der Waals surface area contributed by atoms with Crippen molar-refractivity contribution in [3.8, 4) is 22.6 Å². The van der Waals surface area contributed by atoms with Crippen LogP contribution in [0.3, 0.4) is 0 Å². The zero-order valence-electron chi connectivity index (χ0n) is 16.8. The van der Waals surface area contributed by atoms with E-state index < -0.39 is 6.10 Å². The fraction of sp³-hybridized carbons (Fsp3) is 0.333. The Morgan fingerprint density at radius 3 is 2.41 bits per heavy atom. The zero-order chi connectivity index (χ0) is 20.1. The number of fused-ring (bicyclic) bond motifs is 1. The quantitative estimate of drug-likeness (QED) is 0.647. The van der Waals surface area contributed by atoms with Crippen LogP contribution in [0.4, 0.5) is 0 Å². The summed E-state index contributed by atoms with van der Waals surface area (Å²) in [6.07, 6.45) is -0.513. The van der Waals surface area contributed by atoms with Gasteiger partial charge < -0.3 is 19.9 Å². The fourth-order valence-corrected chi connectivity index (χ4v) is 3.93. The molecule has 1 heterocycles. The van der Waals surface area contributed by atoms with Gasteiger partial charge in [0, 0.05) is 43.7 Å². The second-order valence-electron chi connectivity index (χ2n) is 7.37. The van der Waals surface area contributed by atoms with Gasteiger partial charge in [0.15, 0.2) is 0 Å². The fourth-order valence-electron chi connectivity index (χ4n) is 3.93. The second-order valence-corrected chi connectivity index (χ2v) is 7.37. The third-order valence-electron chi connectivity index (χ3n) is 5.39. The van der Waals surface area contributed by atoms with Crippen LogP contribution in [0.1, 0.15) is 0 Å². The first-order valence-corrected chi connectivity index (χ1v) is 10.2. The molecule has 1 aliphatic heterocycles. The summed E-state index contributed by atoms with van der Waals surface area (Å²) >= 11 is 0. The Balaban J connectivity index is 1.55. The molecular formula is C24H28N2O3. The number of rotatable bonds is 7. The minimum absolute atomic E-state index is 0.280. The Morgan fingerprint density at radius 2 is 1.62 bits per heavy atom. The van der Waals surface area contributed by atoms with E-state index in [0.717, 1.165) is 59.6 Å². The average molecular weight is 392 g/mol. The molecule has 3 aromatic rings. The summed E-state index contributed by atoms with van der Waals surface area (Å²) in [6, 6.07) is 20.3. The molecule has 3 aromatic carbocycles. The van der Waals surface area contributed by atoms with Crippen molar-refractivity contribution in [2.45, 2.75) is 6.10 Å². The van der Waals surface area contributed by atoms with Gasteiger partial charge in [0.25, 0.3) is 0 Å². The standard InChI is InChI=1S/C24H28N2O3/c1-28-23-9-5-4-7-21(23)20-10-11-24(22-8-3-2-6-19(20)22)29-17-18(27)16-26-14-12-25-13-15-26/h2-11,18,25,27H,12-17H2,1H3. The van der Waals surface area contributed by atoms with Crippen molar-refractivity contribution in [1.82, 2.24) is 10.2 Å². The van der Waals surface area contributed by atoms with Crippen LogP contribution in [-0.2, 0) is 0 Å². The van der Waals surface area contributed by atoms with Crippen molar-refractivity contribution in [1.29, 1.82) is 0 Å². The highest BCUT2D eigenvalue weighted by molar-refractivity contribution is 6.01. The van der Waals surface area contributed by atoms with Crippen LogP contribution in [0, 0.1) is 0 Å². The maximum Gasteiger partial charge on any atom is 0.127 e. The molecule has 152 valence electrons. The van der Waals surface area contributed by atoms with Gasteiger partial charge in [0.1, 0.15) is 24.2 Å². The maximum atomic E-state index is 10.4. The van der Waals surface area contributed by atoms with E-state index in [2.05, 4.69) is 34.5 Å². The van der Waals surface area contributed by atoms with E-state index in [4.69, 9.17) is 9.47 Å². The van der Waals surface area contributed by atoms with Crippen LogP contribution in [-0.4, -0.2) is 62.6 Å². The lowest BCUT2D eigenvalue weighted by Gasteiger charge is -2.29. The lowest BCUT2D eigenvalue weighted by Crippen LogP contribution is -2.47. The average Bonchev–Trinajstić information content (AvgIpc) is 2.78. The van der Waals surface area contributed by atoms with Crippen molar-refractivity contribution in [2.24, 2.45) is 0 Å². The van der Waals surface area contributed by atoms with Gasteiger partial charge in [-0.3, -0.25) is 4.90 Å². The van der Waals surface area contributed by atoms with Crippen LogP contribution < -0.4 is 14.8 Å². The predicted molar refractivity (Wildman–Crippen MR) is 117 cm³/mol. The molecule has 0 radical (unpaired) electrons. The molecule has 0 aromatic heterocycles. The number of benzene rings is 3. The van der Waals surface area contributed by atoms with E-state index in [0.29, 0.717) is 6.54 Å². The van der Waals surface area contributed by atoms with E-state index in [1.807, 2.05) is 36.4 Å². The molecule has 5 heteroatoms. The summed E-state index contributed by atoms with van der Waals surface area (Å²) in [7, 11) is 1.69. The SMILES string of the molecule is COc1ccccc1-c1ccc(OCC(O)CN2CCNCC2)c2ccccc12. The van der Waals surface area contributed by atoms with E-state index in [-0.39, 0.29) is 6.61 Å². The first-order chi connectivity index (χ1) is 14.3. The van der Waals surface area contributed by atoms with Gasteiger partial charge in [-0.2, -0.15) is 0 Å². The van der Waals surface area contributed by atoms with Gasteiger partial charge >= 0.3 is 0 Å². The number of hydrogen-bond acceptors (Lipinski definition) is 5. The topological polar surface area (TPSA) is 54.0 Å². The molecule has 1 unspecified atom stereocenters. The molecule has 1 atom stereocenters. The molecule has 29 heavy (non-hydrogen) atoms. The molecule has 1 fully saturated rings. The van der Waals surface area contributed by atoms with Crippen molar-refractivity contribution >= 4 is 10.8 Å². The molecule has 5 nitrogen and oxygen atoms in total. The number of para-hydroxylation sites is 1. The Labute approximate surface area is 171 Å². The first-order valence-electron chi connectivity index (χ1n) is 10.2. The van der Waals surface area contributed by atoms with Crippen molar-refractivity contribution < 1.29 is 14.6 Å². The predicted octanol–water partition coefficient (Wildman–Crippen LogP) is 3.16. The van der Waals surface area contributed by atoms with Gasteiger partial charge in [0.2, 0.25) is 0 Å². The monoisotopic (exact) mass is 392 g/mol. The molecule has 1 aliphatic rings. The van der Waals surface area contributed by atoms with Crippen molar-refractivity contribution in [3.05, 3.63) is 60.7 Å². The maximum absolute atomic E-state index is 10.4. The van der Waals surface area contributed by atoms with Crippen molar-refractivity contribution in [3.63, 3.8) is 0 Å². The smallest absolute Gasteiger partial charge is 0.127 e. The Hall–Kier alpha value is -2.60. The number of aliphatic hydroxyl groups excluding tert-OH is 1. The van der Waals surface area contributed by atoms with Crippen LogP contribution in [0.5, 0.6) is 11.5 Å². The third kappa shape index (κ3) is 4.53. The number of nitrogens with zero attached hydrogens (tertiary/aromatic N) is 1. The first kappa shape index (κ1) is 19.7. The van der Waals surface area contributed by atoms with Gasteiger partial charge in [-0.25, -0.2) is 0 Å². The summed E-state index contributed by atoms with van der Waals surface area (Å²) in [5, 5.41) is 15.9. The van der Waals surface area contributed by atoms with E-state index >= 15 is 0 Å². The van der Waals surface area contributed by atoms with Gasteiger partial charge in [-0.05, 0) is 29.1 Å². The molecule has 2 N–H and O–H groups in total. The Morgan fingerprint density at radius 1 is 0.897 bits per heavy atom. The third-order valence-corrected chi connectivity index (χ3v) is 5.39. The summed E-state index contributed by atoms with van der Waals surface area (Å²) in [5.74, 6) is 1.64. The highest BCUT2D eigenvalue weighted by Gasteiger charge is 2.16. The zero-order valence-corrected chi connectivity index (χ0v) is 16.8. The lowest BCUT2D eigenvalue weighted by atomic mass is 9.97. The molecule has 4 rings (SSSR count). The normalized spacial score (nSPS) is 15.9. The number of methoxy groups -OCH3 is 1. The van der Waals surface area contributed by atoms with Crippen molar-refractivity contribution in [2.75, 3.05) is 46.4 Å². The highest BCUT2D eigenvalue weighted by atomic mass is 16.5. The summed E-state index contributed by atoms with van der Waals surface area (Å²) in [5.41, 5.74) is 2.16. The number of β-amino-alcohol motifs (C(OH)–C–C–N with tert-alkyl or cyclic N) is 1. The van der Waals surface area contributed by atoms with Crippen LogP contribution in [0.2, 0.25) is 0 Å². The number of ether oxygens (including phenoxy) is 2. The minimum atomic E-state index is -0.513. The second kappa shape index (κ2) is 9.27. The Bertz CT molecular complexity index is 954. The van der Waals surface area contributed by atoms with Gasteiger partial charge in [0.05, 0.1) is 7.11 Å². The van der Waals surface area contributed by atoms with Crippen LogP contribution >= 0.6 is 0 Å². The van der Waals surface area contributed by atoms with E-state index in [1.165, 1.54) is 0 Å². The number of hydrogen-bond donors (Lipinski definition) is 2. The molecule has 0 bridgehead atoms. The van der Waals surface area contributed by atoms with E-state index in [1.54, 1.807) is 7.11 Å². The van der Waals surface area contributed by atoms with Crippen LogP contribution in [0.15, 0.2) is 60.7 Å². The molecular weight excluding hydrogens is 364 g/mol. The highest BCUT2D eigenvalue weighted by Crippen LogP contribution is 2.38. The van der Waals surface area contributed by atoms with Gasteiger partial charge in [-0.1, -0.05) is 42.5 Å². The summed E-state index contributed by atoms with van der Waals surface area (Å²) < 4.78 is 11.6. The lowest BCUT2D eigenvalue weighted by molar-refractivity contribution is 0.0646. The van der Waals surface area contributed by atoms with Gasteiger partial charge in [-0.15, -0.1) is 0 Å².